The van der Waals surface area contributed by atoms with Crippen molar-refractivity contribution in [2.75, 3.05) is 0 Å². The lowest BCUT2D eigenvalue weighted by molar-refractivity contribution is 0.353. The van der Waals surface area contributed by atoms with Gasteiger partial charge in [-0.1, -0.05) is 165 Å². The van der Waals surface area contributed by atoms with Crippen LogP contribution in [0.4, 0.5) is 0 Å². The van der Waals surface area contributed by atoms with Crippen molar-refractivity contribution in [2.45, 2.75) is 37.5 Å². The normalized spacial score (nSPS) is 14.6. The van der Waals surface area contributed by atoms with Crippen LogP contribution < -0.4 is 0 Å². The third-order valence-corrected chi connectivity index (χ3v) is 11.7. The van der Waals surface area contributed by atoms with Gasteiger partial charge in [0.2, 0.25) is 0 Å². The summed E-state index contributed by atoms with van der Waals surface area (Å²) >= 11 is 0. The largest absolute Gasteiger partial charge is 0.0616 e. The van der Waals surface area contributed by atoms with Gasteiger partial charge in [-0.3, -0.25) is 0 Å². The fourth-order valence-corrected chi connectivity index (χ4v) is 9.24. The molecule has 8 aromatic rings. The molecular formula is C50H38. The van der Waals surface area contributed by atoms with Crippen molar-refractivity contribution in [3.05, 3.63) is 181 Å². The van der Waals surface area contributed by atoms with E-state index in [0.29, 0.717) is 0 Å². The molecule has 0 saturated heterocycles. The molecule has 8 aromatic carbocycles. The predicted molar refractivity (Wildman–Crippen MR) is 212 cm³/mol. The molecule has 0 bridgehead atoms. The molecule has 0 radical (unpaired) electrons. The zero-order valence-corrected chi connectivity index (χ0v) is 28.2. The molecule has 0 aromatic heterocycles. The Morgan fingerprint density at radius 3 is 1.24 bits per heavy atom. The van der Waals surface area contributed by atoms with E-state index in [4.69, 9.17) is 0 Å². The van der Waals surface area contributed by atoms with Crippen LogP contribution in [0.25, 0.3) is 77.2 Å². The Kier molecular flexibility index (Phi) is 6.84. The quantitative estimate of drug-likeness (QED) is 0.180. The maximum Gasteiger partial charge on any atom is 0.0215 e. The fourth-order valence-electron chi connectivity index (χ4n) is 9.24. The third kappa shape index (κ3) is 4.66. The molecule has 2 aliphatic rings. The van der Waals surface area contributed by atoms with E-state index < -0.39 is 0 Å². The summed E-state index contributed by atoms with van der Waals surface area (Å²) in [6, 6.07) is 63.7. The second-order valence-electron chi connectivity index (χ2n) is 14.4. The van der Waals surface area contributed by atoms with Crippen LogP contribution in [0.1, 0.15) is 43.2 Å². The van der Waals surface area contributed by atoms with Gasteiger partial charge in [0.25, 0.3) is 0 Å². The Labute approximate surface area is 294 Å². The lowest BCUT2D eigenvalue weighted by Gasteiger charge is -2.36. The molecule has 2 aliphatic carbocycles. The summed E-state index contributed by atoms with van der Waals surface area (Å²) in [5.41, 5.74) is 16.3. The van der Waals surface area contributed by atoms with Gasteiger partial charge in [-0.15, -0.1) is 0 Å². The average molecular weight is 639 g/mol. The Hall–Kier alpha value is -5.72. The minimum atomic E-state index is 0.0649. The molecule has 0 nitrogen and oxygen atoms in total. The molecule has 0 amide bonds. The standard InChI is InChI=1S/C50H38/c1-6-28-50(29-7-1)48-32-38(36-16-8-18-40(30-36)44-22-10-14-34-12-2-4-20-42(34)44)24-26-46(48)47-27-25-39(33-49(47)50)37-17-9-19-41(31-37)45-23-11-15-35-13-3-5-21-43(35)45/h2-5,8-27,30-33H,1,6-7,28-29H2. The second kappa shape index (κ2) is 11.7. The van der Waals surface area contributed by atoms with Crippen LogP contribution in [0.3, 0.4) is 0 Å². The Bertz CT molecular complexity index is 2390. The van der Waals surface area contributed by atoms with E-state index in [1.807, 2.05) is 0 Å². The van der Waals surface area contributed by atoms with E-state index in [1.165, 1.54) is 120 Å². The van der Waals surface area contributed by atoms with Gasteiger partial charge in [0.15, 0.2) is 0 Å². The number of fused-ring (bicyclic) bond motifs is 7. The minimum absolute atomic E-state index is 0.0649. The number of benzene rings is 8. The molecule has 0 aliphatic heterocycles. The van der Waals surface area contributed by atoms with Gasteiger partial charge in [0.1, 0.15) is 0 Å². The van der Waals surface area contributed by atoms with Crippen molar-refractivity contribution in [3.63, 3.8) is 0 Å². The van der Waals surface area contributed by atoms with E-state index in [-0.39, 0.29) is 5.41 Å². The highest BCUT2D eigenvalue weighted by Crippen LogP contribution is 2.57. The molecule has 0 heteroatoms. The number of rotatable bonds is 4. The van der Waals surface area contributed by atoms with Crippen molar-refractivity contribution in [1.29, 1.82) is 0 Å². The Morgan fingerprint density at radius 1 is 0.300 bits per heavy atom. The van der Waals surface area contributed by atoms with Gasteiger partial charge in [-0.05, 0) is 125 Å². The lowest BCUT2D eigenvalue weighted by Crippen LogP contribution is -2.28. The van der Waals surface area contributed by atoms with Gasteiger partial charge in [-0.25, -0.2) is 0 Å². The first-order chi connectivity index (χ1) is 24.7. The monoisotopic (exact) mass is 638 g/mol. The molecule has 1 spiro atoms. The zero-order valence-electron chi connectivity index (χ0n) is 28.2. The van der Waals surface area contributed by atoms with E-state index in [0.717, 1.165) is 0 Å². The molecule has 238 valence electrons. The molecule has 0 atom stereocenters. The summed E-state index contributed by atoms with van der Waals surface area (Å²) in [6.45, 7) is 0. The molecule has 0 unspecified atom stereocenters. The zero-order chi connectivity index (χ0) is 33.1. The van der Waals surface area contributed by atoms with Crippen molar-refractivity contribution < 1.29 is 0 Å². The first-order valence-corrected chi connectivity index (χ1v) is 18.2. The molecule has 50 heavy (non-hydrogen) atoms. The van der Waals surface area contributed by atoms with Crippen LogP contribution in [0.15, 0.2) is 170 Å². The van der Waals surface area contributed by atoms with Crippen LogP contribution in [0, 0.1) is 0 Å². The molecule has 1 fully saturated rings. The van der Waals surface area contributed by atoms with Gasteiger partial charge >= 0.3 is 0 Å². The average Bonchev–Trinajstić information content (AvgIpc) is 3.45. The van der Waals surface area contributed by atoms with E-state index in [9.17, 15) is 0 Å². The smallest absolute Gasteiger partial charge is 0.0215 e. The van der Waals surface area contributed by atoms with Gasteiger partial charge in [0, 0.05) is 5.41 Å². The van der Waals surface area contributed by atoms with Crippen LogP contribution in [-0.4, -0.2) is 0 Å². The summed E-state index contributed by atoms with van der Waals surface area (Å²) in [5.74, 6) is 0. The van der Waals surface area contributed by atoms with Crippen LogP contribution in [0.5, 0.6) is 0 Å². The predicted octanol–water partition coefficient (Wildman–Crippen LogP) is 13.9. The van der Waals surface area contributed by atoms with E-state index in [2.05, 4.69) is 170 Å². The maximum absolute atomic E-state index is 2.55. The summed E-state index contributed by atoms with van der Waals surface area (Å²) in [6.07, 6.45) is 6.31. The molecule has 0 N–H and O–H groups in total. The lowest BCUT2D eigenvalue weighted by atomic mass is 9.67. The van der Waals surface area contributed by atoms with Crippen molar-refractivity contribution >= 4 is 21.5 Å². The van der Waals surface area contributed by atoms with Crippen LogP contribution >= 0.6 is 0 Å². The minimum Gasteiger partial charge on any atom is -0.0616 e. The van der Waals surface area contributed by atoms with Crippen LogP contribution in [-0.2, 0) is 5.41 Å². The summed E-state index contributed by atoms with van der Waals surface area (Å²) in [7, 11) is 0. The molecular weight excluding hydrogens is 601 g/mol. The SMILES string of the molecule is c1cc(-c2ccc3c(c2)C2(CCCCC2)c2cc(-c4cccc(-c5cccc6ccccc56)c4)ccc2-3)cc(-c2cccc3ccccc23)c1. The topological polar surface area (TPSA) is 0 Å². The highest BCUT2D eigenvalue weighted by molar-refractivity contribution is 5.98. The molecule has 1 saturated carbocycles. The maximum atomic E-state index is 2.55. The highest BCUT2D eigenvalue weighted by atomic mass is 14.5. The first-order valence-electron chi connectivity index (χ1n) is 18.2. The van der Waals surface area contributed by atoms with Crippen molar-refractivity contribution in [1.82, 2.24) is 0 Å². The number of hydrogen-bond donors (Lipinski definition) is 0. The summed E-state index contributed by atoms with van der Waals surface area (Å²) in [4.78, 5) is 0. The van der Waals surface area contributed by atoms with Gasteiger partial charge < -0.3 is 0 Å². The Morgan fingerprint density at radius 2 is 0.720 bits per heavy atom. The van der Waals surface area contributed by atoms with E-state index >= 15 is 0 Å². The fraction of sp³-hybridized carbons (Fsp3) is 0.120. The second-order valence-corrected chi connectivity index (χ2v) is 14.4. The van der Waals surface area contributed by atoms with Crippen molar-refractivity contribution in [3.8, 4) is 55.6 Å². The first kappa shape index (κ1) is 29.2. The van der Waals surface area contributed by atoms with Gasteiger partial charge in [-0.2, -0.15) is 0 Å². The molecule has 10 rings (SSSR count). The van der Waals surface area contributed by atoms with Crippen molar-refractivity contribution in [2.24, 2.45) is 0 Å². The molecule has 0 heterocycles. The van der Waals surface area contributed by atoms with Crippen LogP contribution in [0.2, 0.25) is 0 Å². The Balaban J connectivity index is 1.06. The number of hydrogen-bond acceptors (Lipinski definition) is 0. The third-order valence-electron chi connectivity index (χ3n) is 11.7. The summed E-state index contributed by atoms with van der Waals surface area (Å²) in [5, 5.41) is 5.17. The highest BCUT2D eigenvalue weighted by Gasteiger charge is 2.44. The van der Waals surface area contributed by atoms with E-state index in [1.54, 1.807) is 0 Å². The summed E-state index contributed by atoms with van der Waals surface area (Å²) < 4.78 is 0. The van der Waals surface area contributed by atoms with Gasteiger partial charge in [0.05, 0.1) is 0 Å².